The van der Waals surface area contributed by atoms with E-state index in [1.807, 2.05) is 20.8 Å². The molecule has 0 saturated carbocycles. The fourth-order valence-corrected chi connectivity index (χ4v) is 3.07. The van der Waals surface area contributed by atoms with Crippen LogP contribution in [-0.4, -0.2) is 22.9 Å². The van der Waals surface area contributed by atoms with Crippen molar-refractivity contribution in [3.63, 3.8) is 0 Å². The van der Waals surface area contributed by atoms with Gasteiger partial charge in [0.05, 0.1) is 11.3 Å². The molecule has 7 heteroatoms. The Bertz CT molecular complexity index is 497. The summed E-state index contributed by atoms with van der Waals surface area (Å²) < 4.78 is 4.34. The lowest BCUT2D eigenvalue weighted by atomic mass is 9.82. The van der Waals surface area contributed by atoms with Gasteiger partial charge in [0.1, 0.15) is 5.00 Å². The smallest absolute Gasteiger partial charge is 0.319 e. The van der Waals surface area contributed by atoms with Crippen molar-refractivity contribution >= 4 is 28.5 Å². The van der Waals surface area contributed by atoms with Crippen LogP contribution >= 0.6 is 11.5 Å². The third-order valence-corrected chi connectivity index (χ3v) is 3.78. The summed E-state index contributed by atoms with van der Waals surface area (Å²) in [4.78, 5) is 23.3. The topological polar surface area (TPSA) is 97.1 Å². The standard InChI is InChI=1S/C13H22N4O2S/c1-5-7-13(3,4)9-8(10(14)18)11(20-17-9)16-12(19)15-6-2/h5-7H2,1-4H3,(H2,14,18)(H2,15,16,19). The zero-order valence-corrected chi connectivity index (χ0v) is 13.2. The average molecular weight is 298 g/mol. The Morgan fingerprint density at radius 3 is 2.50 bits per heavy atom. The summed E-state index contributed by atoms with van der Waals surface area (Å²) in [5, 5.41) is 5.65. The summed E-state index contributed by atoms with van der Waals surface area (Å²) in [5.74, 6) is -0.565. The van der Waals surface area contributed by atoms with Crippen molar-refractivity contribution in [2.24, 2.45) is 5.73 Å². The first-order valence-corrected chi connectivity index (χ1v) is 7.45. The van der Waals surface area contributed by atoms with Gasteiger partial charge in [0, 0.05) is 12.0 Å². The number of hydrogen-bond donors (Lipinski definition) is 3. The van der Waals surface area contributed by atoms with Crippen molar-refractivity contribution in [3.05, 3.63) is 11.3 Å². The number of anilines is 1. The highest BCUT2D eigenvalue weighted by molar-refractivity contribution is 7.11. The Morgan fingerprint density at radius 1 is 1.35 bits per heavy atom. The normalized spacial score (nSPS) is 11.2. The second-order valence-corrected chi connectivity index (χ2v) is 5.99. The molecule has 0 unspecified atom stereocenters. The van der Waals surface area contributed by atoms with Crippen molar-refractivity contribution in [3.8, 4) is 0 Å². The number of amides is 3. The fraction of sp³-hybridized carbons (Fsp3) is 0.615. The first-order valence-electron chi connectivity index (χ1n) is 6.68. The van der Waals surface area contributed by atoms with Crippen LogP contribution in [0.2, 0.25) is 0 Å². The van der Waals surface area contributed by atoms with Crippen LogP contribution in [0.5, 0.6) is 0 Å². The largest absolute Gasteiger partial charge is 0.365 e. The maximum atomic E-state index is 11.7. The van der Waals surface area contributed by atoms with Gasteiger partial charge in [0.2, 0.25) is 0 Å². The van der Waals surface area contributed by atoms with Gasteiger partial charge >= 0.3 is 6.03 Å². The Labute approximate surface area is 123 Å². The summed E-state index contributed by atoms with van der Waals surface area (Å²) in [5.41, 5.74) is 6.18. The van der Waals surface area contributed by atoms with Crippen LogP contribution in [0.1, 0.15) is 56.6 Å². The molecule has 112 valence electrons. The number of nitrogens with two attached hydrogens (primary N) is 1. The minimum absolute atomic E-state index is 0.253. The maximum absolute atomic E-state index is 11.7. The van der Waals surface area contributed by atoms with Gasteiger partial charge in [-0.05, 0) is 24.9 Å². The molecule has 0 aliphatic carbocycles. The molecular formula is C13H22N4O2S. The minimum atomic E-state index is -0.565. The second kappa shape index (κ2) is 6.69. The van der Waals surface area contributed by atoms with Crippen LogP contribution in [-0.2, 0) is 5.41 Å². The molecular weight excluding hydrogens is 276 g/mol. The number of nitrogens with zero attached hydrogens (tertiary/aromatic N) is 1. The summed E-state index contributed by atoms with van der Waals surface area (Å²) in [7, 11) is 0. The molecule has 0 saturated heterocycles. The molecule has 0 spiro atoms. The zero-order valence-electron chi connectivity index (χ0n) is 12.4. The predicted octanol–water partition coefficient (Wildman–Crippen LogP) is 2.46. The number of primary amides is 1. The van der Waals surface area contributed by atoms with Crippen LogP contribution < -0.4 is 16.4 Å². The van der Waals surface area contributed by atoms with Gasteiger partial charge in [-0.1, -0.05) is 27.2 Å². The molecule has 0 aliphatic rings. The van der Waals surface area contributed by atoms with Gasteiger partial charge in [0.15, 0.2) is 0 Å². The lowest BCUT2D eigenvalue weighted by Gasteiger charge is -2.22. The molecule has 4 N–H and O–H groups in total. The highest BCUT2D eigenvalue weighted by Crippen LogP contribution is 2.35. The number of carbonyl (C=O) groups excluding carboxylic acids is 2. The van der Waals surface area contributed by atoms with Crippen LogP contribution in [0.3, 0.4) is 0 Å². The van der Waals surface area contributed by atoms with Crippen LogP contribution in [0.15, 0.2) is 0 Å². The summed E-state index contributed by atoms with van der Waals surface area (Å²) in [6.07, 6.45) is 1.86. The van der Waals surface area contributed by atoms with E-state index in [9.17, 15) is 9.59 Å². The number of urea groups is 1. The van der Waals surface area contributed by atoms with E-state index in [2.05, 4.69) is 21.9 Å². The fourth-order valence-electron chi connectivity index (χ4n) is 2.12. The average Bonchev–Trinajstić information content (AvgIpc) is 2.73. The van der Waals surface area contributed by atoms with E-state index in [1.54, 1.807) is 0 Å². The van der Waals surface area contributed by atoms with E-state index < -0.39 is 5.91 Å². The van der Waals surface area contributed by atoms with Gasteiger partial charge in [-0.2, -0.15) is 4.37 Å². The molecule has 3 amide bonds. The highest BCUT2D eigenvalue weighted by atomic mass is 32.1. The Hall–Kier alpha value is -1.63. The number of rotatable bonds is 6. The van der Waals surface area contributed by atoms with E-state index >= 15 is 0 Å². The van der Waals surface area contributed by atoms with Crippen molar-refractivity contribution in [2.75, 3.05) is 11.9 Å². The van der Waals surface area contributed by atoms with Crippen LogP contribution in [0, 0.1) is 0 Å². The highest BCUT2D eigenvalue weighted by Gasteiger charge is 2.31. The summed E-state index contributed by atoms with van der Waals surface area (Å²) in [6, 6.07) is -0.363. The minimum Gasteiger partial charge on any atom is -0.365 e. The second-order valence-electron chi connectivity index (χ2n) is 5.22. The summed E-state index contributed by atoms with van der Waals surface area (Å²) in [6.45, 7) is 8.44. The molecule has 20 heavy (non-hydrogen) atoms. The van der Waals surface area contributed by atoms with Crippen LogP contribution in [0.25, 0.3) is 0 Å². The van der Waals surface area contributed by atoms with Gasteiger partial charge in [-0.3, -0.25) is 10.1 Å². The lowest BCUT2D eigenvalue weighted by molar-refractivity contribution is 0.0998. The maximum Gasteiger partial charge on any atom is 0.319 e. The Morgan fingerprint density at radius 2 is 2.00 bits per heavy atom. The van der Waals surface area contributed by atoms with E-state index in [1.165, 1.54) is 0 Å². The van der Waals surface area contributed by atoms with Gasteiger partial charge < -0.3 is 11.1 Å². The molecule has 1 aromatic heterocycles. The van der Waals surface area contributed by atoms with E-state index in [0.717, 1.165) is 24.4 Å². The molecule has 1 aromatic rings. The zero-order chi connectivity index (χ0) is 15.3. The molecule has 1 rings (SSSR count). The number of carbonyl (C=O) groups is 2. The molecule has 6 nitrogen and oxygen atoms in total. The number of hydrogen-bond acceptors (Lipinski definition) is 4. The SMILES string of the molecule is CCCC(C)(C)c1nsc(NC(=O)NCC)c1C(N)=O. The predicted molar refractivity (Wildman–Crippen MR) is 81.3 cm³/mol. The van der Waals surface area contributed by atoms with E-state index in [4.69, 9.17) is 5.73 Å². The van der Waals surface area contributed by atoms with Gasteiger partial charge in [-0.15, -0.1) is 0 Å². The molecule has 0 aliphatic heterocycles. The lowest BCUT2D eigenvalue weighted by Crippen LogP contribution is -2.29. The van der Waals surface area contributed by atoms with Crippen molar-refractivity contribution in [2.45, 2.75) is 46.0 Å². The molecule has 0 bridgehead atoms. The summed E-state index contributed by atoms with van der Waals surface area (Å²) >= 11 is 1.09. The van der Waals surface area contributed by atoms with Gasteiger partial charge in [0.25, 0.3) is 5.91 Å². The third-order valence-electron chi connectivity index (χ3n) is 3.02. The Balaban J connectivity index is 3.13. The molecule has 0 aromatic carbocycles. The number of nitrogens with one attached hydrogen (secondary N) is 2. The van der Waals surface area contributed by atoms with Gasteiger partial charge in [-0.25, -0.2) is 4.79 Å². The van der Waals surface area contributed by atoms with Crippen molar-refractivity contribution in [1.82, 2.24) is 9.69 Å². The molecule has 1 heterocycles. The van der Waals surface area contributed by atoms with Crippen molar-refractivity contribution in [1.29, 1.82) is 0 Å². The molecule has 0 radical (unpaired) electrons. The quantitative estimate of drug-likeness (QED) is 0.752. The molecule has 0 atom stereocenters. The Kier molecular flexibility index (Phi) is 5.50. The number of aromatic nitrogens is 1. The monoisotopic (exact) mass is 298 g/mol. The third kappa shape index (κ3) is 3.69. The van der Waals surface area contributed by atoms with E-state index in [0.29, 0.717) is 22.8 Å². The van der Waals surface area contributed by atoms with Crippen molar-refractivity contribution < 1.29 is 9.59 Å². The first kappa shape index (κ1) is 16.4. The van der Waals surface area contributed by atoms with Crippen LogP contribution in [0.4, 0.5) is 9.80 Å². The van der Waals surface area contributed by atoms with E-state index in [-0.39, 0.29) is 11.4 Å². The molecule has 0 fully saturated rings. The first-order chi connectivity index (χ1) is 9.33.